The Kier molecular flexibility index (Phi) is 3.41. The van der Waals surface area contributed by atoms with E-state index in [2.05, 4.69) is 6.58 Å². The maximum absolute atomic E-state index is 13.0. The van der Waals surface area contributed by atoms with Crippen LogP contribution in [-0.4, -0.2) is 6.18 Å². The lowest BCUT2D eigenvalue weighted by Crippen LogP contribution is -2.09. The molecule has 3 aromatic rings. The van der Waals surface area contributed by atoms with Crippen LogP contribution in [0.25, 0.3) is 28.4 Å². The van der Waals surface area contributed by atoms with Gasteiger partial charge in [-0.05, 0) is 18.2 Å². The SMILES string of the molecule is C=C(c1cc(-c2ccccc2)oc1-c1ccco1)C(F)(F)F. The van der Waals surface area contributed by atoms with Gasteiger partial charge in [-0.25, -0.2) is 0 Å². The minimum absolute atomic E-state index is 0.0196. The van der Waals surface area contributed by atoms with Crippen molar-refractivity contribution in [3.05, 3.63) is 66.9 Å². The van der Waals surface area contributed by atoms with Crippen LogP contribution in [0.5, 0.6) is 0 Å². The fourth-order valence-electron chi connectivity index (χ4n) is 2.10. The molecule has 1 aromatic carbocycles. The highest BCUT2D eigenvalue weighted by Crippen LogP contribution is 2.41. The van der Waals surface area contributed by atoms with Gasteiger partial charge in [0.1, 0.15) is 5.76 Å². The molecule has 2 aromatic heterocycles. The van der Waals surface area contributed by atoms with E-state index in [0.29, 0.717) is 11.3 Å². The normalized spacial score (nSPS) is 11.6. The fraction of sp³-hybridized carbons (Fsp3) is 0.0588. The van der Waals surface area contributed by atoms with Gasteiger partial charge in [-0.1, -0.05) is 36.9 Å². The maximum Gasteiger partial charge on any atom is 0.416 e. The molecule has 0 aliphatic rings. The standard InChI is InChI=1S/C17H11F3O2/c1-11(17(18,19)20)13-10-15(12-6-3-2-4-7-12)22-16(13)14-8-5-9-21-14/h2-10H,1H2. The Morgan fingerprint density at radius 3 is 2.27 bits per heavy atom. The van der Waals surface area contributed by atoms with Crippen molar-refractivity contribution in [1.29, 1.82) is 0 Å². The zero-order chi connectivity index (χ0) is 15.7. The molecular formula is C17H11F3O2. The molecule has 22 heavy (non-hydrogen) atoms. The second-order valence-corrected chi connectivity index (χ2v) is 4.67. The molecule has 0 saturated carbocycles. The lowest BCUT2D eigenvalue weighted by molar-refractivity contribution is -0.0686. The summed E-state index contributed by atoms with van der Waals surface area (Å²) in [6.45, 7) is 3.15. The van der Waals surface area contributed by atoms with Crippen molar-refractivity contribution < 1.29 is 22.0 Å². The molecule has 2 nitrogen and oxygen atoms in total. The molecule has 0 atom stereocenters. The van der Waals surface area contributed by atoms with Crippen molar-refractivity contribution >= 4 is 5.57 Å². The van der Waals surface area contributed by atoms with Gasteiger partial charge in [0.15, 0.2) is 11.5 Å². The van der Waals surface area contributed by atoms with Crippen molar-refractivity contribution in [2.75, 3.05) is 0 Å². The summed E-state index contributed by atoms with van der Waals surface area (Å²) < 4.78 is 49.8. The summed E-state index contributed by atoms with van der Waals surface area (Å²) in [5, 5.41) is 0. The highest BCUT2D eigenvalue weighted by molar-refractivity contribution is 5.81. The summed E-state index contributed by atoms with van der Waals surface area (Å²) in [7, 11) is 0. The minimum atomic E-state index is -4.54. The zero-order valence-electron chi connectivity index (χ0n) is 11.4. The van der Waals surface area contributed by atoms with E-state index in [1.54, 1.807) is 36.4 Å². The molecule has 3 rings (SSSR count). The molecule has 0 aliphatic carbocycles. The van der Waals surface area contributed by atoms with Gasteiger partial charge in [-0.2, -0.15) is 13.2 Å². The van der Waals surface area contributed by atoms with Crippen LogP contribution in [0.4, 0.5) is 13.2 Å². The molecule has 0 spiro atoms. The molecular weight excluding hydrogens is 293 g/mol. The van der Waals surface area contributed by atoms with Crippen molar-refractivity contribution in [2.45, 2.75) is 6.18 Å². The van der Waals surface area contributed by atoms with E-state index in [9.17, 15) is 13.2 Å². The van der Waals surface area contributed by atoms with Crippen LogP contribution in [0.1, 0.15) is 5.56 Å². The van der Waals surface area contributed by atoms with Crippen LogP contribution in [0, 0.1) is 0 Å². The monoisotopic (exact) mass is 304 g/mol. The molecule has 0 radical (unpaired) electrons. The summed E-state index contributed by atoms with van der Waals surface area (Å²) in [6, 6.07) is 13.3. The lowest BCUT2D eigenvalue weighted by atomic mass is 10.1. The second kappa shape index (κ2) is 5.26. The Morgan fingerprint density at radius 2 is 1.68 bits per heavy atom. The first-order valence-corrected chi connectivity index (χ1v) is 6.46. The van der Waals surface area contributed by atoms with E-state index in [1.165, 1.54) is 12.3 Å². The topological polar surface area (TPSA) is 26.3 Å². The predicted molar refractivity (Wildman–Crippen MR) is 76.9 cm³/mol. The van der Waals surface area contributed by atoms with E-state index in [0.717, 1.165) is 0 Å². The molecule has 0 fully saturated rings. The van der Waals surface area contributed by atoms with E-state index in [-0.39, 0.29) is 17.1 Å². The van der Waals surface area contributed by atoms with E-state index < -0.39 is 11.7 Å². The third-order valence-electron chi connectivity index (χ3n) is 3.20. The van der Waals surface area contributed by atoms with Gasteiger partial charge in [-0.3, -0.25) is 0 Å². The molecule has 0 unspecified atom stereocenters. The number of furan rings is 2. The molecule has 0 aliphatic heterocycles. The highest BCUT2D eigenvalue weighted by atomic mass is 19.4. The highest BCUT2D eigenvalue weighted by Gasteiger charge is 2.36. The van der Waals surface area contributed by atoms with Gasteiger partial charge in [0.25, 0.3) is 0 Å². The van der Waals surface area contributed by atoms with Gasteiger partial charge in [0.2, 0.25) is 0 Å². The number of hydrogen-bond donors (Lipinski definition) is 0. The van der Waals surface area contributed by atoms with Crippen molar-refractivity contribution in [3.8, 4) is 22.8 Å². The van der Waals surface area contributed by atoms with Gasteiger partial charge in [0.05, 0.1) is 11.8 Å². The Balaban J connectivity index is 2.16. The summed E-state index contributed by atoms with van der Waals surface area (Å²) in [5.41, 5.74) is -0.414. The summed E-state index contributed by atoms with van der Waals surface area (Å²) in [5.74, 6) is 0.571. The van der Waals surface area contributed by atoms with Crippen LogP contribution in [0.2, 0.25) is 0 Å². The van der Waals surface area contributed by atoms with Gasteiger partial charge < -0.3 is 8.83 Å². The zero-order valence-corrected chi connectivity index (χ0v) is 11.4. The largest absolute Gasteiger partial charge is 0.461 e. The summed E-state index contributed by atoms with van der Waals surface area (Å²) >= 11 is 0. The average Bonchev–Trinajstić information content (AvgIpc) is 3.15. The van der Waals surface area contributed by atoms with Crippen LogP contribution < -0.4 is 0 Å². The number of halogens is 3. The quantitative estimate of drug-likeness (QED) is 0.613. The fourth-order valence-corrected chi connectivity index (χ4v) is 2.10. The van der Waals surface area contributed by atoms with Crippen LogP contribution in [0.15, 0.2) is 70.2 Å². The number of benzene rings is 1. The molecule has 0 amide bonds. The minimum Gasteiger partial charge on any atom is -0.461 e. The number of alkyl halides is 3. The predicted octanol–water partition coefficient (Wildman–Crippen LogP) is 5.78. The van der Waals surface area contributed by atoms with Crippen molar-refractivity contribution in [2.24, 2.45) is 0 Å². The van der Waals surface area contributed by atoms with Gasteiger partial charge in [-0.15, -0.1) is 0 Å². The van der Waals surface area contributed by atoms with Crippen LogP contribution in [-0.2, 0) is 0 Å². The van der Waals surface area contributed by atoms with E-state index in [4.69, 9.17) is 8.83 Å². The van der Waals surface area contributed by atoms with E-state index >= 15 is 0 Å². The lowest BCUT2D eigenvalue weighted by Gasteiger charge is -2.08. The van der Waals surface area contributed by atoms with Gasteiger partial charge >= 0.3 is 6.18 Å². The first-order valence-electron chi connectivity index (χ1n) is 6.46. The van der Waals surface area contributed by atoms with Gasteiger partial charge in [0, 0.05) is 11.1 Å². The van der Waals surface area contributed by atoms with Crippen molar-refractivity contribution in [3.63, 3.8) is 0 Å². The molecule has 0 saturated heterocycles. The second-order valence-electron chi connectivity index (χ2n) is 4.67. The van der Waals surface area contributed by atoms with Crippen molar-refractivity contribution in [1.82, 2.24) is 0 Å². The first-order chi connectivity index (χ1) is 10.5. The third-order valence-corrected chi connectivity index (χ3v) is 3.20. The van der Waals surface area contributed by atoms with E-state index in [1.807, 2.05) is 6.07 Å². The average molecular weight is 304 g/mol. The molecule has 5 heteroatoms. The molecule has 0 N–H and O–H groups in total. The maximum atomic E-state index is 13.0. The number of allylic oxidation sites excluding steroid dienone is 1. The van der Waals surface area contributed by atoms with Crippen LogP contribution in [0.3, 0.4) is 0 Å². The Bertz CT molecular complexity index is 781. The Hall–Kier alpha value is -2.69. The molecule has 112 valence electrons. The Morgan fingerprint density at radius 1 is 0.955 bits per heavy atom. The third kappa shape index (κ3) is 2.57. The smallest absolute Gasteiger partial charge is 0.416 e. The summed E-state index contributed by atoms with van der Waals surface area (Å²) in [4.78, 5) is 0. The first kappa shape index (κ1) is 14.3. The van der Waals surface area contributed by atoms with Crippen LogP contribution >= 0.6 is 0 Å². The summed E-state index contributed by atoms with van der Waals surface area (Å²) in [6.07, 6.45) is -3.17. The number of rotatable bonds is 3. The Labute approximate surface area is 124 Å². The number of hydrogen-bond acceptors (Lipinski definition) is 2. The molecule has 0 bridgehead atoms. The molecule has 2 heterocycles.